The van der Waals surface area contributed by atoms with Crippen molar-refractivity contribution in [3.8, 4) is 5.75 Å². The van der Waals surface area contributed by atoms with Gasteiger partial charge in [-0.3, -0.25) is 0 Å². The predicted molar refractivity (Wildman–Crippen MR) is 108 cm³/mol. The van der Waals surface area contributed by atoms with Gasteiger partial charge in [-0.25, -0.2) is 0 Å². The largest absolute Gasteiger partial charge is 0.508 e. The van der Waals surface area contributed by atoms with E-state index in [1.165, 1.54) is 0 Å². The second-order valence-corrected chi connectivity index (χ2v) is 7.85. The average molecular weight is 395 g/mol. The number of phenols is 1. The quantitative estimate of drug-likeness (QED) is 0.315. The van der Waals surface area contributed by atoms with Gasteiger partial charge < -0.3 is 30.1 Å². The first-order valence-corrected chi connectivity index (χ1v) is 9.60. The molecule has 0 radical (unpaired) electrons. The first-order valence-electron chi connectivity index (χ1n) is 9.60. The molecule has 0 bridgehead atoms. The lowest BCUT2D eigenvalue weighted by molar-refractivity contribution is -0.774. The number of rotatable bonds is 1. The SMILES string of the molecule is Cc1c2cc[n+]([C@H]3OC[C@@H](O)[C@H](O)[C@@H]3O)cc2c(C)c2c1[nH]c1ccc(O)cc12. The van der Waals surface area contributed by atoms with Crippen molar-refractivity contribution in [3.05, 3.63) is 47.8 Å². The van der Waals surface area contributed by atoms with Crippen molar-refractivity contribution in [2.45, 2.75) is 38.4 Å². The van der Waals surface area contributed by atoms with Gasteiger partial charge in [-0.1, -0.05) is 0 Å². The molecule has 0 spiro atoms. The number of aryl methyl sites for hydroxylation is 2. The molecule has 150 valence electrons. The Bertz CT molecular complexity index is 1260. The van der Waals surface area contributed by atoms with E-state index in [2.05, 4.69) is 11.9 Å². The summed E-state index contributed by atoms with van der Waals surface area (Å²) in [5.74, 6) is 0.213. The number of nitrogens with one attached hydrogen (secondary N) is 1. The third-order valence-corrected chi connectivity index (χ3v) is 6.09. The molecule has 0 unspecified atom stereocenters. The second kappa shape index (κ2) is 6.40. The smallest absolute Gasteiger partial charge is 0.291 e. The molecule has 3 heterocycles. The number of H-pyrrole nitrogens is 1. The fourth-order valence-corrected chi connectivity index (χ4v) is 4.47. The Balaban J connectivity index is 1.75. The van der Waals surface area contributed by atoms with Crippen molar-refractivity contribution in [1.82, 2.24) is 4.98 Å². The van der Waals surface area contributed by atoms with E-state index in [9.17, 15) is 20.4 Å². The Hall–Kier alpha value is -2.71. The van der Waals surface area contributed by atoms with Crippen LogP contribution in [0.4, 0.5) is 0 Å². The molecule has 2 aromatic heterocycles. The van der Waals surface area contributed by atoms with Gasteiger partial charge in [0.25, 0.3) is 6.23 Å². The Kier molecular flexibility index (Phi) is 4.04. The molecule has 4 atom stereocenters. The van der Waals surface area contributed by atoms with E-state index in [4.69, 9.17) is 4.74 Å². The van der Waals surface area contributed by atoms with Crippen molar-refractivity contribution in [2.75, 3.05) is 6.61 Å². The lowest BCUT2D eigenvalue weighted by Gasteiger charge is -2.31. The molecule has 2 aromatic carbocycles. The minimum absolute atomic E-state index is 0.0489. The maximum Gasteiger partial charge on any atom is 0.291 e. The molecule has 29 heavy (non-hydrogen) atoms. The number of aromatic hydroxyl groups is 1. The molecule has 5 N–H and O–H groups in total. The third kappa shape index (κ3) is 2.63. The highest BCUT2D eigenvalue weighted by Gasteiger charge is 2.43. The molecular formula is C22H23N2O5+. The van der Waals surface area contributed by atoms with Crippen molar-refractivity contribution in [3.63, 3.8) is 0 Å². The summed E-state index contributed by atoms with van der Waals surface area (Å²) in [6, 6.07) is 7.26. The number of fused-ring (bicyclic) bond motifs is 4. The van der Waals surface area contributed by atoms with E-state index in [1.807, 2.05) is 31.5 Å². The zero-order valence-corrected chi connectivity index (χ0v) is 16.1. The van der Waals surface area contributed by atoms with E-state index >= 15 is 0 Å². The van der Waals surface area contributed by atoms with E-state index in [0.29, 0.717) is 0 Å². The van der Waals surface area contributed by atoms with Crippen LogP contribution in [-0.2, 0) is 4.74 Å². The number of aromatic nitrogens is 2. The Morgan fingerprint density at radius 3 is 2.59 bits per heavy atom. The first-order chi connectivity index (χ1) is 13.9. The number of aliphatic hydroxyl groups excluding tert-OH is 3. The molecule has 0 saturated carbocycles. The number of aliphatic hydroxyl groups is 3. The van der Waals surface area contributed by atoms with Crippen LogP contribution in [0.25, 0.3) is 32.6 Å². The molecule has 0 aliphatic carbocycles. The summed E-state index contributed by atoms with van der Waals surface area (Å²) in [6.45, 7) is 4.03. The lowest BCUT2D eigenvalue weighted by Crippen LogP contribution is -2.58. The number of hydrogen-bond acceptors (Lipinski definition) is 5. The number of aromatic amines is 1. The zero-order chi connectivity index (χ0) is 20.4. The van der Waals surface area contributed by atoms with Crippen molar-refractivity contribution in [1.29, 1.82) is 0 Å². The molecule has 1 fully saturated rings. The van der Waals surface area contributed by atoms with Crippen molar-refractivity contribution in [2.24, 2.45) is 0 Å². The van der Waals surface area contributed by atoms with Gasteiger partial charge in [0.1, 0.15) is 18.0 Å². The maximum absolute atomic E-state index is 10.4. The van der Waals surface area contributed by atoms with Crippen LogP contribution in [0.15, 0.2) is 36.7 Å². The number of benzene rings is 2. The van der Waals surface area contributed by atoms with Crippen LogP contribution in [-0.4, -0.2) is 50.3 Å². The highest BCUT2D eigenvalue weighted by molar-refractivity contribution is 6.16. The summed E-state index contributed by atoms with van der Waals surface area (Å²) in [4.78, 5) is 3.46. The van der Waals surface area contributed by atoms with Gasteiger partial charge in [-0.15, -0.1) is 0 Å². The summed E-state index contributed by atoms with van der Waals surface area (Å²) < 4.78 is 7.33. The van der Waals surface area contributed by atoms with E-state index in [1.54, 1.807) is 16.7 Å². The normalized spacial score (nSPS) is 25.3. The molecule has 1 aliphatic rings. The molecular weight excluding hydrogens is 372 g/mol. The van der Waals surface area contributed by atoms with Crippen LogP contribution in [0.3, 0.4) is 0 Å². The van der Waals surface area contributed by atoms with Crippen LogP contribution in [0.5, 0.6) is 5.75 Å². The number of pyridine rings is 1. The van der Waals surface area contributed by atoms with Crippen LogP contribution < -0.4 is 4.57 Å². The summed E-state index contributed by atoms with van der Waals surface area (Å²) >= 11 is 0. The van der Waals surface area contributed by atoms with Gasteiger partial charge in [0.2, 0.25) is 0 Å². The van der Waals surface area contributed by atoms with E-state index < -0.39 is 24.5 Å². The van der Waals surface area contributed by atoms with E-state index in [-0.39, 0.29) is 12.4 Å². The maximum atomic E-state index is 10.4. The van der Waals surface area contributed by atoms with Crippen molar-refractivity contribution >= 4 is 32.6 Å². The summed E-state index contributed by atoms with van der Waals surface area (Å²) in [6.07, 6.45) is -0.690. The van der Waals surface area contributed by atoms with Gasteiger partial charge in [0.15, 0.2) is 18.5 Å². The first kappa shape index (κ1) is 18.3. The Morgan fingerprint density at radius 2 is 1.79 bits per heavy atom. The highest BCUT2D eigenvalue weighted by atomic mass is 16.5. The molecule has 7 nitrogen and oxygen atoms in total. The average Bonchev–Trinajstić information content (AvgIpc) is 3.09. The standard InChI is InChI=1S/C22H22N2O5/c1-10-15-8-24(22-21(28)20(27)17(26)9-29-22)6-5-13(15)11(2)19-18(10)14-7-12(25)3-4-16(14)23-19/h3-8,17,20-22,25-28H,9H2,1-2H3/p+1/t17-,20+,21+,22+/m1/s1. The van der Waals surface area contributed by atoms with Crippen LogP contribution >= 0.6 is 0 Å². The molecule has 0 amide bonds. The number of ether oxygens (including phenoxy) is 1. The number of hydrogen-bond donors (Lipinski definition) is 5. The minimum atomic E-state index is -1.26. The van der Waals surface area contributed by atoms with E-state index in [0.717, 1.165) is 43.7 Å². The topological polar surface area (TPSA) is 110 Å². The van der Waals surface area contributed by atoms with Gasteiger partial charge in [-0.05, 0) is 48.6 Å². The molecule has 5 rings (SSSR count). The van der Waals surface area contributed by atoms with Gasteiger partial charge in [0.05, 0.1) is 12.1 Å². The van der Waals surface area contributed by atoms with Crippen molar-refractivity contribution < 1.29 is 29.7 Å². The van der Waals surface area contributed by atoms with Crippen LogP contribution in [0.1, 0.15) is 17.4 Å². The Morgan fingerprint density at radius 1 is 1.00 bits per heavy atom. The highest BCUT2D eigenvalue weighted by Crippen LogP contribution is 2.37. The van der Waals surface area contributed by atoms with Gasteiger partial charge in [-0.2, -0.15) is 4.57 Å². The monoisotopic (exact) mass is 395 g/mol. The summed E-state index contributed by atoms with van der Waals surface area (Å²) in [5, 5.41) is 44.1. The zero-order valence-electron chi connectivity index (χ0n) is 16.1. The van der Waals surface area contributed by atoms with Crippen LogP contribution in [0, 0.1) is 13.8 Å². The second-order valence-electron chi connectivity index (χ2n) is 7.85. The molecule has 1 saturated heterocycles. The van der Waals surface area contributed by atoms with Gasteiger partial charge in [0, 0.05) is 27.7 Å². The summed E-state index contributed by atoms with van der Waals surface area (Å²) in [5.41, 5.74) is 4.11. The summed E-state index contributed by atoms with van der Waals surface area (Å²) in [7, 11) is 0. The Labute approximate surface area is 166 Å². The number of nitrogens with zero attached hydrogens (tertiary/aromatic N) is 1. The van der Waals surface area contributed by atoms with Gasteiger partial charge >= 0.3 is 0 Å². The van der Waals surface area contributed by atoms with Crippen LogP contribution in [0.2, 0.25) is 0 Å². The minimum Gasteiger partial charge on any atom is -0.508 e. The number of phenolic OH excluding ortho intramolecular Hbond substituents is 1. The molecule has 7 heteroatoms. The molecule has 1 aliphatic heterocycles. The fourth-order valence-electron chi connectivity index (χ4n) is 4.47. The third-order valence-electron chi connectivity index (χ3n) is 6.09. The fraction of sp³-hybridized carbons (Fsp3) is 0.318. The predicted octanol–water partition coefficient (Wildman–Crippen LogP) is 1.70. The lowest BCUT2D eigenvalue weighted by atomic mass is 9.96. The molecule has 4 aromatic rings.